The van der Waals surface area contributed by atoms with Gasteiger partial charge >= 0.3 is 0 Å². The van der Waals surface area contributed by atoms with Crippen molar-refractivity contribution in [1.29, 1.82) is 0 Å². The number of aromatic amines is 1. The highest BCUT2D eigenvalue weighted by Gasteiger charge is 2.22. The van der Waals surface area contributed by atoms with E-state index >= 15 is 0 Å². The number of aromatic nitrogens is 3. The van der Waals surface area contributed by atoms with Crippen LogP contribution in [-0.2, 0) is 19.5 Å². The van der Waals surface area contributed by atoms with Gasteiger partial charge < -0.3 is 4.98 Å². The van der Waals surface area contributed by atoms with Crippen LogP contribution >= 0.6 is 11.3 Å². The first kappa shape index (κ1) is 16.4. The molecule has 3 aromatic heterocycles. The van der Waals surface area contributed by atoms with Crippen molar-refractivity contribution in [2.24, 2.45) is 0 Å². The number of benzene rings is 1. The lowest BCUT2D eigenvalue weighted by Gasteiger charge is -2.27. The predicted octanol–water partition coefficient (Wildman–Crippen LogP) is 3.60. The van der Waals surface area contributed by atoms with Crippen LogP contribution in [0.4, 0.5) is 0 Å². The third-order valence-corrected chi connectivity index (χ3v) is 6.05. The Hall–Kier alpha value is -2.83. The van der Waals surface area contributed by atoms with Crippen LogP contribution in [0.25, 0.3) is 21.5 Å². The van der Waals surface area contributed by atoms with Crippen molar-refractivity contribution in [3.63, 3.8) is 0 Å². The first-order valence-corrected chi connectivity index (χ1v) is 9.86. The third-order valence-electron chi connectivity index (χ3n) is 5.04. The second-order valence-corrected chi connectivity index (χ2v) is 7.71. The summed E-state index contributed by atoms with van der Waals surface area (Å²) in [4.78, 5) is 26.8. The van der Waals surface area contributed by atoms with Gasteiger partial charge in [0.05, 0.1) is 11.3 Å². The predicted molar refractivity (Wildman–Crippen MR) is 108 cm³/mol. The maximum Gasteiger partial charge on any atom is 0.255 e. The summed E-state index contributed by atoms with van der Waals surface area (Å²) in [6, 6.07) is 12.2. The van der Waals surface area contributed by atoms with E-state index in [9.17, 15) is 4.79 Å². The van der Waals surface area contributed by atoms with E-state index in [2.05, 4.69) is 44.5 Å². The molecule has 0 fully saturated rings. The molecular formula is C21H18N4OS. The van der Waals surface area contributed by atoms with Crippen molar-refractivity contribution in [2.75, 3.05) is 6.54 Å². The highest BCUT2D eigenvalue weighted by atomic mass is 32.1. The Bertz CT molecular complexity index is 1170. The average molecular weight is 374 g/mol. The van der Waals surface area contributed by atoms with E-state index in [-0.39, 0.29) is 5.56 Å². The number of hydrogen-bond donors (Lipinski definition) is 1. The highest BCUT2D eigenvalue weighted by molar-refractivity contribution is 7.17. The number of rotatable bonds is 3. The molecule has 1 aliphatic rings. The summed E-state index contributed by atoms with van der Waals surface area (Å²) in [5.74, 6) is 0.601. The van der Waals surface area contributed by atoms with Gasteiger partial charge in [-0.05, 0) is 34.5 Å². The Balaban J connectivity index is 1.42. The molecule has 1 aromatic carbocycles. The largest absolute Gasteiger partial charge is 0.306 e. The lowest BCUT2D eigenvalue weighted by molar-refractivity contribution is 0.243. The van der Waals surface area contributed by atoms with E-state index in [0.717, 1.165) is 36.3 Å². The molecule has 1 aliphatic heterocycles. The van der Waals surface area contributed by atoms with Gasteiger partial charge in [-0.2, -0.15) is 0 Å². The van der Waals surface area contributed by atoms with Gasteiger partial charge in [-0.1, -0.05) is 18.2 Å². The molecule has 5 rings (SSSR count). The number of nitrogens with zero attached hydrogens (tertiary/aromatic N) is 3. The quantitative estimate of drug-likeness (QED) is 0.595. The normalized spacial score (nSPS) is 14.4. The zero-order chi connectivity index (χ0) is 18.2. The van der Waals surface area contributed by atoms with Gasteiger partial charge in [-0.3, -0.25) is 14.7 Å². The van der Waals surface area contributed by atoms with Crippen molar-refractivity contribution in [3.05, 3.63) is 81.3 Å². The zero-order valence-corrected chi connectivity index (χ0v) is 15.5. The zero-order valence-electron chi connectivity index (χ0n) is 14.7. The van der Waals surface area contributed by atoms with Gasteiger partial charge in [0.25, 0.3) is 5.56 Å². The number of thiophene rings is 1. The molecule has 0 amide bonds. The molecule has 0 aliphatic carbocycles. The highest BCUT2D eigenvalue weighted by Crippen LogP contribution is 2.28. The van der Waals surface area contributed by atoms with Crippen LogP contribution in [0, 0.1) is 0 Å². The summed E-state index contributed by atoms with van der Waals surface area (Å²) in [7, 11) is 0. The van der Waals surface area contributed by atoms with Crippen LogP contribution in [-0.4, -0.2) is 26.4 Å². The summed E-state index contributed by atoms with van der Waals surface area (Å²) in [5, 5.41) is 3.54. The standard InChI is InChI=1S/C21H18N4OS/c26-21-17-12-25(11-15-13-27-19-6-2-1-5-16(15)19)9-7-18(17)23-20(24-21)14-4-3-8-22-10-14/h1-6,8,10,13H,7,9,11-12H2,(H,23,24,26). The van der Waals surface area contributed by atoms with E-state index in [4.69, 9.17) is 4.98 Å². The SMILES string of the molecule is O=c1[nH]c(-c2cccnc2)nc2c1CN(Cc1csc3ccccc13)CC2. The second-order valence-electron chi connectivity index (χ2n) is 6.80. The maximum absolute atomic E-state index is 12.7. The van der Waals surface area contributed by atoms with E-state index in [0.29, 0.717) is 12.4 Å². The van der Waals surface area contributed by atoms with Gasteiger partial charge in [0.1, 0.15) is 5.82 Å². The third kappa shape index (κ3) is 3.07. The summed E-state index contributed by atoms with van der Waals surface area (Å²) >= 11 is 1.78. The molecule has 0 radical (unpaired) electrons. The fraction of sp³-hybridized carbons (Fsp3) is 0.190. The minimum absolute atomic E-state index is 0.0428. The van der Waals surface area contributed by atoms with Crippen LogP contribution in [0.1, 0.15) is 16.8 Å². The molecule has 0 unspecified atom stereocenters. The van der Waals surface area contributed by atoms with E-state index in [1.807, 2.05) is 12.1 Å². The van der Waals surface area contributed by atoms with Crippen molar-refractivity contribution < 1.29 is 0 Å². The van der Waals surface area contributed by atoms with Gasteiger partial charge in [0, 0.05) is 48.7 Å². The van der Waals surface area contributed by atoms with Crippen molar-refractivity contribution in [3.8, 4) is 11.4 Å². The second kappa shape index (κ2) is 6.72. The number of hydrogen-bond acceptors (Lipinski definition) is 5. The van der Waals surface area contributed by atoms with E-state index in [1.165, 1.54) is 15.6 Å². The van der Waals surface area contributed by atoms with Crippen LogP contribution in [0.3, 0.4) is 0 Å². The lowest BCUT2D eigenvalue weighted by Crippen LogP contribution is -2.35. The van der Waals surface area contributed by atoms with Gasteiger partial charge in [0.15, 0.2) is 0 Å². The average Bonchev–Trinajstić information content (AvgIpc) is 3.12. The molecule has 0 saturated carbocycles. The molecule has 0 bridgehead atoms. The summed E-state index contributed by atoms with van der Waals surface area (Å²) in [6.07, 6.45) is 4.22. The molecule has 0 saturated heterocycles. The van der Waals surface area contributed by atoms with Gasteiger partial charge in [0.2, 0.25) is 0 Å². The molecule has 4 heterocycles. The molecule has 6 heteroatoms. The molecule has 5 nitrogen and oxygen atoms in total. The first-order valence-electron chi connectivity index (χ1n) is 8.98. The lowest BCUT2D eigenvalue weighted by atomic mass is 10.1. The molecule has 1 N–H and O–H groups in total. The smallest absolute Gasteiger partial charge is 0.255 e. The first-order chi connectivity index (χ1) is 13.3. The Morgan fingerprint density at radius 2 is 2.11 bits per heavy atom. The molecule has 0 spiro atoms. The fourth-order valence-electron chi connectivity index (χ4n) is 3.65. The summed E-state index contributed by atoms with van der Waals surface area (Å²) < 4.78 is 1.31. The van der Waals surface area contributed by atoms with E-state index in [1.54, 1.807) is 23.7 Å². The molecule has 134 valence electrons. The van der Waals surface area contributed by atoms with Crippen LogP contribution in [0.5, 0.6) is 0 Å². The van der Waals surface area contributed by atoms with Gasteiger partial charge in [-0.15, -0.1) is 11.3 Å². The number of pyridine rings is 1. The maximum atomic E-state index is 12.7. The Labute approximate surface area is 160 Å². The van der Waals surface area contributed by atoms with Crippen LogP contribution in [0.2, 0.25) is 0 Å². The molecule has 0 atom stereocenters. The Kier molecular flexibility index (Phi) is 4.07. The molecule has 27 heavy (non-hydrogen) atoms. The summed E-state index contributed by atoms with van der Waals surface area (Å²) in [5.41, 5.74) is 3.82. The Morgan fingerprint density at radius 1 is 1.19 bits per heavy atom. The number of fused-ring (bicyclic) bond motifs is 2. The minimum Gasteiger partial charge on any atom is -0.306 e. The van der Waals surface area contributed by atoms with Crippen molar-refractivity contribution in [2.45, 2.75) is 19.5 Å². The minimum atomic E-state index is -0.0428. The Morgan fingerprint density at radius 3 is 3.00 bits per heavy atom. The fourth-order valence-corrected chi connectivity index (χ4v) is 4.61. The van der Waals surface area contributed by atoms with E-state index < -0.39 is 0 Å². The molecule has 4 aromatic rings. The topological polar surface area (TPSA) is 61.9 Å². The molecular weight excluding hydrogens is 356 g/mol. The van der Waals surface area contributed by atoms with Crippen molar-refractivity contribution in [1.82, 2.24) is 19.9 Å². The van der Waals surface area contributed by atoms with Crippen molar-refractivity contribution >= 4 is 21.4 Å². The van der Waals surface area contributed by atoms with Crippen LogP contribution < -0.4 is 5.56 Å². The van der Waals surface area contributed by atoms with Crippen LogP contribution in [0.15, 0.2) is 59.0 Å². The number of H-pyrrole nitrogens is 1. The van der Waals surface area contributed by atoms with Gasteiger partial charge in [-0.25, -0.2) is 4.98 Å². The monoisotopic (exact) mass is 374 g/mol. The number of nitrogens with one attached hydrogen (secondary N) is 1. The summed E-state index contributed by atoms with van der Waals surface area (Å²) in [6.45, 7) is 2.39.